The molecule has 102 valence electrons. The number of carbonyl (C=O) groups excluding carboxylic acids is 2. The van der Waals surface area contributed by atoms with E-state index in [0.29, 0.717) is 30.8 Å². The summed E-state index contributed by atoms with van der Waals surface area (Å²) in [5.74, 6) is -0.293. The van der Waals surface area contributed by atoms with E-state index < -0.39 is 5.60 Å². The first-order chi connectivity index (χ1) is 8.87. The lowest BCUT2D eigenvalue weighted by Gasteiger charge is -2.19. The summed E-state index contributed by atoms with van der Waals surface area (Å²) >= 11 is 0. The van der Waals surface area contributed by atoms with Gasteiger partial charge in [-0.1, -0.05) is 6.07 Å². The van der Waals surface area contributed by atoms with Crippen molar-refractivity contribution in [2.45, 2.75) is 25.9 Å². The molecule has 2 amide bonds. The molecular formula is C14H18N2O3. The van der Waals surface area contributed by atoms with Crippen molar-refractivity contribution in [1.29, 1.82) is 0 Å². The molecule has 1 atom stereocenters. The van der Waals surface area contributed by atoms with Crippen LogP contribution >= 0.6 is 0 Å². The van der Waals surface area contributed by atoms with Crippen LogP contribution in [0, 0.1) is 0 Å². The number of likely N-dealkylation sites (tertiary alicyclic amines) is 1. The highest BCUT2D eigenvalue weighted by Gasteiger charge is 2.34. The maximum atomic E-state index is 12.3. The molecule has 1 heterocycles. The van der Waals surface area contributed by atoms with Gasteiger partial charge in [0, 0.05) is 31.3 Å². The molecule has 1 fully saturated rings. The second-order valence-electron chi connectivity index (χ2n) is 5.24. The number of amides is 2. The molecule has 1 aromatic rings. The monoisotopic (exact) mass is 262 g/mol. The Hall–Kier alpha value is -1.88. The van der Waals surface area contributed by atoms with Crippen molar-refractivity contribution in [3.05, 3.63) is 29.8 Å². The van der Waals surface area contributed by atoms with Crippen molar-refractivity contribution in [2.75, 3.05) is 18.4 Å². The van der Waals surface area contributed by atoms with Crippen molar-refractivity contribution in [2.24, 2.45) is 0 Å². The van der Waals surface area contributed by atoms with E-state index in [1.165, 1.54) is 6.92 Å². The molecule has 1 unspecified atom stereocenters. The van der Waals surface area contributed by atoms with Gasteiger partial charge in [0.05, 0.1) is 5.60 Å². The highest BCUT2D eigenvalue weighted by molar-refractivity contribution is 5.97. The number of hydrogen-bond acceptors (Lipinski definition) is 3. The van der Waals surface area contributed by atoms with Gasteiger partial charge in [-0.05, 0) is 31.5 Å². The molecule has 2 rings (SSSR count). The van der Waals surface area contributed by atoms with Crippen LogP contribution in [0.2, 0.25) is 0 Å². The standard InChI is InChI=1S/C14H18N2O3/c1-10(17)15-12-5-3-4-11(8-12)13(18)16-7-6-14(2,19)9-16/h3-5,8,19H,6-7,9H2,1-2H3,(H,15,17). The van der Waals surface area contributed by atoms with E-state index in [4.69, 9.17) is 0 Å². The summed E-state index contributed by atoms with van der Waals surface area (Å²) in [5, 5.41) is 12.5. The number of β-amino-alcohol motifs (C(OH)–C–C–N with tert-alkyl or cyclic N) is 1. The molecule has 1 aliphatic rings. The molecular weight excluding hydrogens is 244 g/mol. The van der Waals surface area contributed by atoms with Gasteiger partial charge < -0.3 is 15.3 Å². The Labute approximate surface area is 112 Å². The van der Waals surface area contributed by atoms with Crippen LogP contribution in [0.5, 0.6) is 0 Å². The lowest BCUT2D eigenvalue weighted by Crippen LogP contribution is -2.33. The van der Waals surface area contributed by atoms with Crippen LogP contribution in [-0.2, 0) is 4.79 Å². The highest BCUT2D eigenvalue weighted by Crippen LogP contribution is 2.22. The minimum absolute atomic E-state index is 0.120. The molecule has 5 nitrogen and oxygen atoms in total. The number of anilines is 1. The smallest absolute Gasteiger partial charge is 0.254 e. The van der Waals surface area contributed by atoms with E-state index in [-0.39, 0.29) is 11.8 Å². The Morgan fingerprint density at radius 1 is 1.42 bits per heavy atom. The topological polar surface area (TPSA) is 69.6 Å². The van der Waals surface area contributed by atoms with Crippen molar-refractivity contribution in [3.8, 4) is 0 Å². The van der Waals surface area contributed by atoms with Crippen LogP contribution < -0.4 is 5.32 Å². The second kappa shape index (κ2) is 5.01. The molecule has 0 spiro atoms. The minimum atomic E-state index is -0.801. The zero-order chi connectivity index (χ0) is 14.0. The van der Waals surface area contributed by atoms with Gasteiger partial charge in [0.1, 0.15) is 0 Å². The quantitative estimate of drug-likeness (QED) is 0.842. The summed E-state index contributed by atoms with van der Waals surface area (Å²) in [4.78, 5) is 24.9. The molecule has 0 aromatic heterocycles. The summed E-state index contributed by atoms with van der Waals surface area (Å²) in [6, 6.07) is 6.82. The summed E-state index contributed by atoms with van der Waals surface area (Å²) in [5.41, 5.74) is 0.318. The largest absolute Gasteiger partial charge is 0.388 e. The average molecular weight is 262 g/mol. The number of nitrogens with zero attached hydrogens (tertiary/aromatic N) is 1. The van der Waals surface area contributed by atoms with Gasteiger partial charge >= 0.3 is 0 Å². The van der Waals surface area contributed by atoms with Gasteiger partial charge in [0.15, 0.2) is 0 Å². The molecule has 0 aliphatic carbocycles. The number of hydrogen-bond donors (Lipinski definition) is 2. The molecule has 0 saturated carbocycles. The molecule has 1 aromatic carbocycles. The lowest BCUT2D eigenvalue weighted by atomic mass is 10.1. The third-order valence-electron chi connectivity index (χ3n) is 3.17. The number of rotatable bonds is 2. The van der Waals surface area contributed by atoms with E-state index in [2.05, 4.69) is 5.32 Å². The third-order valence-corrected chi connectivity index (χ3v) is 3.17. The number of aliphatic hydroxyl groups is 1. The van der Waals surface area contributed by atoms with Crippen LogP contribution in [0.4, 0.5) is 5.69 Å². The van der Waals surface area contributed by atoms with Crippen LogP contribution in [0.15, 0.2) is 24.3 Å². The van der Waals surface area contributed by atoms with Gasteiger partial charge in [-0.25, -0.2) is 0 Å². The van der Waals surface area contributed by atoms with E-state index in [1.807, 2.05) is 0 Å². The summed E-state index contributed by atoms with van der Waals surface area (Å²) in [6.45, 7) is 4.05. The van der Waals surface area contributed by atoms with Crippen LogP contribution in [0.1, 0.15) is 30.6 Å². The number of nitrogens with one attached hydrogen (secondary N) is 1. The van der Waals surface area contributed by atoms with Gasteiger partial charge in [-0.2, -0.15) is 0 Å². The molecule has 0 radical (unpaired) electrons. The van der Waals surface area contributed by atoms with Gasteiger partial charge in [-0.3, -0.25) is 9.59 Å². The van der Waals surface area contributed by atoms with Crippen molar-refractivity contribution < 1.29 is 14.7 Å². The molecule has 0 bridgehead atoms. The molecule has 1 saturated heterocycles. The van der Waals surface area contributed by atoms with Crippen LogP contribution in [-0.4, -0.2) is 40.5 Å². The number of carbonyl (C=O) groups is 2. The van der Waals surface area contributed by atoms with Crippen molar-refractivity contribution in [1.82, 2.24) is 4.90 Å². The molecule has 5 heteroatoms. The Morgan fingerprint density at radius 2 is 2.16 bits per heavy atom. The zero-order valence-electron chi connectivity index (χ0n) is 11.1. The fraction of sp³-hybridized carbons (Fsp3) is 0.429. The predicted molar refractivity (Wildman–Crippen MR) is 71.9 cm³/mol. The van der Waals surface area contributed by atoms with Crippen LogP contribution in [0.3, 0.4) is 0 Å². The minimum Gasteiger partial charge on any atom is -0.388 e. The third kappa shape index (κ3) is 3.32. The fourth-order valence-electron chi connectivity index (χ4n) is 2.23. The zero-order valence-corrected chi connectivity index (χ0v) is 11.1. The lowest BCUT2D eigenvalue weighted by molar-refractivity contribution is -0.114. The van der Waals surface area contributed by atoms with Gasteiger partial charge in [0.2, 0.25) is 5.91 Å². The summed E-state index contributed by atoms with van der Waals surface area (Å²) in [7, 11) is 0. The molecule has 19 heavy (non-hydrogen) atoms. The van der Waals surface area contributed by atoms with E-state index in [1.54, 1.807) is 36.1 Å². The maximum Gasteiger partial charge on any atom is 0.254 e. The van der Waals surface area contributed by atoms with Crippen molar-refractivity contribution >= 4 is 17.5 Å². The molecule has 1 aliphatic heterocycles. The second-order valence-corrected chi connectivity index (χ2v) is 5.24. The Bertz CT molecular complexity index is 511. The fourth-order valence-corrected chi connectivity index (χ4v) is 2.23. The molecule has 2 N–H and O–H groups in total. The summed E-state index contributed by atoms with van der Waals surface area (Å²) < 4.78 is 0. The first-order valence-electron chi connectivity index (χ1n) is 6.27. The Morgan fingerprint density at radius 3 is 2.74 bits per heavy atom. The first-order valence-corrected chi connectivity index (χ1v) is 6.27. The predicted octanol–water partition coefficient (Wildman–Crippen LogP) is 1.24. The van der Waals surface area contributed by atoms with Gasteiger partial charge in [0.25, 0.3) is 5.91 Å². The average Bonchev–Trinajstić information content (AvgIpc) is 2.68. The Balaban J connectivity index is 2.13. The van der Waals surface area contributed by atoms with E-state index in [0.717, 1.165) is 0 Å². The highest BCUT2D eigenvalue weighted by atomic mass is 16.3. The van der Waals surface area contributed by atoms with E-state index in [9.17, 15) is 14.7 Å². The van der Waals surface area contributed by atoms with Gasteiger partial charge in [-0.15, -0.1) is 0 Å². The van der Waals surface area contributed by atoms with E-state index >= 15 is 0 Å². The summed E-state index contributed by atoms with van der Waals surface area (Å²) in [6.07, 6.45) is 0.587. The van der Waals surface area contributed by atoms with Crippen LogP contribution in [0.25, 0.3) is 0 Å². The maximum absolute atomic E-state index is 12.3. The Kier molecular flexibility index (Phi) is 3.57. The van der Waals surface area contributed by atoms with Crippen molar-refractivity contribution in [3.63, 3.8) is 0 Å². The first kappa shape index (κ1) is 13.5. The number of benzene rings is 1. The SMILES string of the molecule is CC(=O)Nc1cccc(C(=O)N2CCC(C)(O)C2)c1. The normalized spacial score (nSPS) is 22.4.